The summed E-state index contributed by atoms with van der Waals surface area (Å²) in [6.45, 7) is 1.39. The first-order valence-electron chi connectivity index (χ1n) is 5.77. The van der Waals surface area contributed by atoms with Crippen LogP contribution in [0.5, 0.6) is 0 Å². The topological polar surface area (TPSA) is 74.7 Å². The Bertz CT molecular complexity index is 408. The molecule has 1 aliphatic heterocycles. The summed E-state index contributed by atoms with van der Waals surface area (Å²) in [4.78, 5) is 11.3. The number of carbonyl (C=O) groups is 1. The van der Waals surface area contributed by atoms with Crippen molar-refractivity contribution in [3.05, 3.63) is 0 Å². The summed E-state index contributed by atoms with van der Waals surface area (Å²) in [5.74, 6) is -4.61. The van der Waals surface area contributed by atoms with E-state index >= 15 is 0 Å². The molecule has 0 aliphatic carbocycles. The Morgan fingerprint density at radius 3 is 2.56 bits per heavy atom. The lowest BCUT2D eigenvalue weighted by Crippen LogP contribution is -2.51. The highest BCUT2D eigenvalue weighted by atomic mass is 32.2. The molecule has 0 radical (unpaired) electrons. The van der Waals surface area contributed by atoms with Gasteiger partial charge in [-0.05, 0) is 19.3 Å². The Labute approximate surface area is 105 Å². The second-order valence-corrected chi connectivity index (χ2v) is 6.48. The van der Waals surface area contributed by atoms with Crippen molar-refractivity contribution in [3.8, 4) is 0 Å². The molecule has 0 aromatic rings. The fraction of sp³-hybridized carbons (Fsp3) is 0.900. The number of aliphatic carboxylic acids is 1. The molecule has 0 saturated carbocycles. The van der Waals surface area contributed by atoms with Crippen molar-refractivity contribution in [2.75, 3.05) is 13.1 Å². The van der Waals surface area contributed by atoms with E-state index in [2.05, 4.69) is 0 Å². The standard InChI is InChI=1S/C10H17F2NO4S/c1-2-4-10(8(14)15)5-3-6-13(7-10)18(16,17)9(11)12/h9H,2-7H2,1H3,(H,14,15). The first kappa shape index (κ1) is 15.3. The molecule has 1 rings (SSSR count). The van der Waals surface area contributed by atoms with Crippen LogP contribution in [0, 0.1) is 5.41 Å². The molecule has 1 unspecified atom stereocenters. The summed E-state index contributed by atoms with van der Waals surface area (Å²) >= 11 is 0. The fourth-order valence-electron chi connectivity index (χ4n) is 2.38. The molecule has 0 aromatic carbocycles. The van der Waals surface area contributed by atoms with Crippen LogP contribution in [0.3, 0.4) is 0 Å². The van der Waals surface area contributed by atoms with Gasteiger partial charge < -0.3 is 5.11 Å². The number of piperidine rings is 1. The van der Waals surface area contributed by atoms with Crippen molar-refractivity contribution in [1.29, 1.82) is 0 Å². The van der Waals surface area contributed by atoms with Gasteiger partial charge in [-0.15, -0.1) is 0 Å². The summed E-state index contributed by atoms with van der Waals surface area (Å²) in [5, 5.41) is 9.23. The molecule has 1 N–H and O–H groups in total. The molecule has 1 saturated heterocycles. The summed E-state index contributed by atoms with van der Waals surface area (Å²) < 4.78 is 48.3. The molecule has 18 heavy (non-hydrogen) atoms. The van der Waals surface area contributed by atoms with Gasteiger partial charge in [-0.2, -0.15) is 13.1 Å². The lowest BCUT2D eigenvalue weighted by Gasteiger charge is -2.38. The number of carboxylic acids is 1. The van der Waals surface area contributed by atoms with Gasteiger partial charge in [-0.25, -0.2) is 8.42 Å². The van der Waals surface area contributed by atoms with Crippen LogP contribution in [0.15, 0.2) is 0 Å². The van der Waals surface area contributed by atoms with Gasteiger partial charge in [0.2, 0.25) is 0 Å². The normalized spacial score (nSPS) is 26.4. The van der Waals surface area contributed by atoms with Crippen molar-refractivity contribution in [1.82, 2.24) is 4.31 Å². The molecule has 8 heteroatoms. The number of sulfonamides is 1. The molecule has 0 spiro atoms. The lowest BCUT2D eigenvalue weighted by atomic mass is 9.77. The average molecular weight is 285 g/mol. The van der Waals surface area contributed by atoms with Crippen molar-refractivity contribution >= 4 is 16.0 Å². The van der Waals surface area contributed by atoms with E-state index in [0.29, 0.717) is 17.1 Å². The minimum Gasteiger partial charge on any atom is -0.481 e. The third-order valence-corrected chi connectivity index (χ3v) is 4.79. The molecule has 5 nitrogen and oxygen atoms in total. The Hall–Kier alpha value is -0.760. The fourth-order valence-corrected chi connectivity index (χ4v) is 3.42. The number of hydrogen-bond acceptors (Lipinski definition) is 3. The maximum atomic E-state index is 12.5. The van der Waals surface area contributed by atoms with Gasteiger partial charge in [-0.1, -0.05) is 13.3 Å². The highest BCUT2D eigenvalue weighted by Crippen LogP contribution is 2.36. The zero-order valence-electron chi connectivity index (χ0n) is 10.1. The predicted octanol–water partition coefficient (Wildman–Crippen LogP) is 1.51. The minimum atomic E-state index is -4.69. The Morgan fingerprint density at radius 2 is 2.11 bits per heavy atom. The molecule has 106 valence electrons. The van der Waals surface area contributed by atoms with Crippen molar-refractivity contribution in [2.24, 2.45) is 5.41 Å². The number of rotatable bonds is 5. The zero-order chi connectivity index (χ0) is 14.0. The summed E-state index contributed by atoms with van der Waals surface area (Å²) in [7, 11) is -4.69. The Balaban J connectivity index is 2.98. The second-order valence-electron chi connectivity index (χ2n) is 4.58. The van der Waals surface area contributed by atoms with Gasteiger partial charge in [0.25, 0.3) is 10.0 Å². The number of hydrogen-bond donors (Lipinski definition) is 1. The van der Waals surface area contributed by atoms with Gasteiger partial charge in [0.1, 0.15) is 0 Å². The third kappa shape index (κ3) is 2.80. The molecular formula is C10H17F2NO4S. The van der Waals surface area contributed by atoms with Crippen LogP contribution >= 0.6 is 0 Å². The number of nitrogens with zero attached hydrogens (tertiary/aromatic N) is 1. The van der Waals surface area contributed by atoms with E-state index in [1.165, 1.54) is 0 Å². The van der Waals surface area contributed by atoms with E-state index in [9.17, 15) is 27.1 Å². The van der Waals surface area contributed by atoms with E-state index in [-0.39, 0.29) is 25.9 Å². The van der Waals surface area contributed by atoms with Gasteiger partial charge in [0, 0.05) is 13.1 Å². The van der Waals surface area contributed by atoms with Crippen molar-refractivity contribution < 1.29 is 27.1 Å². The second kappa shape index (κ2) is 5.48. The van der Waals surface area contributed by atoms with Crippen LogP contribution in [-0.2, 0) is 14.8 Å². The summed E-state index contributed by atoms with van der Waals surface area (Å²) in [6, 6.07) is 0. The van der Waals surface area contributed by atoms with E-state index in [0.717, 1.165) is 0 Å². The number of halogens is 2. The molecule has 0 aromatic heterocycles. The quantitative estimate of drug-likeness (QED) is 0.830. The Morgan fingerprint density at radius 1 is 1.50 bits per heavy atom. The molecular weight excluding hydrogens is 268 g/mol. The van der Waals surface area contributed by atoms with Gasteiger partial charge in [0.05, 0.1) is 5.41 Å². The highest BCUT2D eigenvalue weighted by Gasteiger charge is 2.46. The summed E-state index contributed by atoms with van der Waals surface area (Å²) in [5.41, 5.74) is -1.23. The van der Waals surface area contributed by atoms with Crippen LogP contribution < -0.4 is 0 Å². The molecule has 0 bridgehead atoms. The zero-order valence-corrected chi connectivity index (χ0v) is 10.9. The number of alkyl halides is 2. The predicted molar refractivity (Wildman–Crippen MR) is 60.7 cm³/mol. The van der Waals surface area contributed by atoms with Crippen LogP contribution in [0.1, 0.15) is 32.6 Å². The van der Waals surface area contributed by atoms with Gasteiger partial charge in [0.15, 0.2) is 0 Å². The van der Waals surface area contributed by atoms with Crippen LogP contribution in [-0.4, -0.2) is 42.6 Å². The maximum Gasteiger partial charge on any atom is 0.350 e. The molecule has 1 aliphatic rings. The highest BCUT2D eigenvalue weighted by molar-refractivity contribution is 7.89. The summed E-state index contributed by atoms with van der Waals surface area (Å²) in [6.07, 6.45) is 1.47. The van der Waals surface area contributed by atoms with Gasteiger partial charge >= 0.3 is 11.7 Å². The van der Waals surface area contributed by atoms with Crippen LogP contribution in [0.25, 0.3) is 0 Å². The lowest BCUT2D eigenvalue weighted by molar-refractivity contribution is -0.152. The maximum absolute atomic E-state index is 12.5. The van der Waals surface area contributed by atoms with Crippen LogP contribution in [0.2, 0.25) is 0 Å². The average Bonchev–Trinajstić information content (AvgIpc) is 2.29. The monoisotopic (exact) mass is 285 g/mol. The van der Waals surface area contributed by atoms with E-state index in [4.69, 9.17) is 0 Å². The van der Waals surface area contributed by atoms with Crippen LogP contribution in [0.4, 0.5) is 8.78 Å². The minimum absolute atomic E-state index is 0.0363. The Kier molecular flexibility index (Phi) is 4.66. The molecule has 1 atom stereocenters. The third-order valence-electron chi connectivity index (χ3n) is 3.31. The van der Waals surface area contributed by atoms with Crippen molar-refractivity contribution in [3.63, 3.8) is 0 Å². The van der Waals surface area contributed by atoms with E-state index in [1.807, 2.05) is 0 Å². The molecule has 1 heterocycles. The first-order chi connectivity index (χ1) is 8.26. The van der Waals surface area contributed by atoms with Gasteiger partial charge in [-0.3, -0.25) is 4.79 Å². The SMILES string of the molecule is CCCC1(C(=O)O)CCCN(S(=O)(=O)C(F)F)C1. The van der Waals surface area contributed by atoms with E-state index in [1.54, 1.807) is 6.92 Å². The smallest absolute Gasteiger partial charge is 0.350 e. The molecule has 1 fully saturated rings. The van der Waals surface area contributed by atoms with E-state index < -0.39 is 27.2 Å². The number of carboxylic acid groups (broad SMARTS) is 1. The molecule has 0 amide bonds. The largest absolute Gasteiger partial charge is 0.481 e. The van der Waals surface area contributed by atoms with Crippen molar-refractivity contribution in [2.45, 2.75) is 38.4 Å². The first-order valence-corrected chi connectivity index (χ1v) is 7.27.